The molecule has 0 N–H and O–H groups in total. The first kappa shape index (κ1) is 30.8. The Labute approximate surface area is 285 Å². The Balaban J connectivity index is 1.50. The maximum absolute atomic E-state index is 2.41. The van der Waals surface area contributed by atoms with E-state index in [1.165, 1.54) is 33.4 Å². The van der Waals surface area contributed by atoms with Gasteiger partial charge < -0.3 is 9.80 Å². The van der Waals surface area contributed by atoms with E-state index >= 15 is 0 Å². The van der Waals surface area contributed by atoms with Gasteiger partial charge in [-0.2, -0.15) is 0 Å². The molecule has 7 rings (SSSR count). The predicted octanol–water partition coefficient (Wildman–Crippen LogP) is 13.2. The fraction of sp³-hybridized carbons (Fsp3) is 0.0870. The van der Waals surface area contributed by atoms with Crippen LogP contribution in [0.4, 0.5) is 34.1 Å². The molecule has 234 valence electrons. The zero-order valence-corrected chi connectivity index (χ0v) is 28.1. The lowest BCUT2D eigenvalue weighted by Gasteiger charge is -2.33. The number of para-hydroxylation sites is 1. The summed E-state index contributed by atoms with van der Waals surface area (Å²) in [6, 6.07) is 61.6. The molecule has 0 heterocycles. The van der Waals surface area contributed by atoms with Crippen molar-refractivity contribution >= 4 is 34.1 Å². The average molecular weight is 621 g/mol. The van der Waals surface area contributed by atoms with Gasteiger partial charge in [0.25, 0.3) is 0 Å². The van der Waals surface area contributed by atoms with E-state index in [-0.39, 0.29) is 0 Å². The summed E-state index contributed by atoms with van der Waals surface area (Å²) in [5, 5.41) is 0. The smallest absolute Gasteiger partial charge is 0.0563 e. The van der Waals surface area contributed by atoms with Crippen molar-refractivity contribution in [2.24, 2.45) is 0 Å². The lowest BCUT2D eigenvalue weighted by atomic mass is 9.95. The van der Waals surface area contributed by atoms with Crippen LogP contribution < -0.4 is 9.80 Å². The van der Waals surface area contributed by atoms with Gasteiger partial charge in [0.2, 0.25) is 0 Å². The third-order valence-corrected chi connectivity index (χ3v) is 8.89. The molecule has 0 amide bonds. The number of nitrogens with zero attached hydrogens (tertiary/aromatic N) is 2. The molecule has 0 bridgehead atoms. The summed E-state index contributed by atoms with van der Waals surface area (Å²) in [5.41, 5.74) is 16.3. The molecular formula is C46H40N2. The van der Waals surface area contributed by atoms with E-state index in [1.807, 2.05) is 0 Å². The normalized spacial score (nSPS) is 10.9. The van der Waals surface area contributed by atoms with Crippen LogP contribution in [0.2, 0.25) is 0 Å². The summed E-state index contributed by atoms with van der Waals surface area (Å²) >= 11 is 0. The van der Waals surface area contributed by atoms with Crippen molar-refractivity contribution in [2.75, 3.05) is 9.80 Å². The third-order valence-electron chi connectivity index (χ3n) is 8.89. The molecule has 0 fully saturated rings. The summed E-state index contributed by atoms with van der Waals surface area (Å²) in [5.74, 6) is 0. The van der Waals surface area contributed by atoms with Crippen molar-refractivity contribution in [3.8, 4) is 22.3 Å². The molecule has 0 saturated carbocycles. The van der Waals surface area contributed by atoms with Crippen molar-refractivity contribution in [1.29, 1.82) is 0 Å². The van der Waals surface area contributed by atoms with Gasteiger partial charge in [-0.15, -0.1) is 0 Å². The molecular weight excluding hydrogens is 581 g/mol. The van der Waals surface area contributed by atoms with E-state index in [4.69, 9.17) is 0 Å². The topological polar surface area (TPSA) is 6.48 Å². The molecule has 0 aliphatic carbocycles. The highest BCUT2D eigenvalue weighted by Crippen LogP contribution is 2.49. The van der Waals surface area contributed by atoms with Gasteiger partial charge in [-0.1, -0.05) is 126 Å². The highest BCUT2D eigenvalue weighted by molar-refractivity contribution is 5.99. The van der Waals surface area contributed by atoms with Gasteiger partial charge in [0.1, 0.15) is 0 Å². The highest BCUT2D eigenvalue weighted by Gasteiger charge is 2.25. The molecule has 0 aromatic heterocycles. The summed E-state index contributed by atoms with van der Waals surface area (Å²) < 4.78 is 0. The van der Waals surface area contributed by atoms with Crippen LogP contribution in [-0.4, -0.2) is 0 Å². The number of benzene rings is 7. The summed E-state index contributed by atoms with van der Waals surface area (Å²) in [6.07, 6.45) is 0. The zero-order chi connectivity index (χ0) is 33.0. The van der Waals surface area contributed by atoms with Crippen molar-refractivity contribution in [1.82, 2.24) is 0 Å². The maximum Gasteiger partial charge on any atom is 0.0563 e. The largest absolute Gasteiger partial charge is 0.310 e. The number of rotatable bonds is 8. The molecule has 48 heavy (non-hydrogen) atoms. The minimum Gasteiger partial charge on any atom is -0.310 e. The Kier molecular flexibility index (Phi) is 8.64. The van der Waals surface area contributed by atoms with E-state index in [2.05, 4.69) is 207 Å². The van der Waals surface area contributed by atoms with Gasteiger partial charge in [-0.25, -0.2) is 0 Å². The minimum absolute atomic E-state index is 1.10. The maximum atomic E-state index is 2.41. The second-order valence-electron chi connectivity index (χ2n) is 12.6. The van der Waals surface area contributed by atoms with Crippen molar-refractivity contribution in [3.63, 3.8) is 0 Å². The number of aryl methyl sites for hydroxylation is 4. The Hall–Kier alpha value is -5.86. The SMILES string of the molecule is Cc1ccc(-c2ccc(N(c3ccc(C)cc3)c3cc(C)cc(N(c4ccccc4)c4ccc(C)cc4)c3-c3ccccc3)cc2)cc1. The molecule has 0 aliphatic rings. The quantitative estimate of drug-likeness (QED) is 0.167. The van der Waals surface area contributed by atoms with Gasteiger partial charge in [-0.3, -0.25) is 0 Å². The molecule has 7 aromatic carbocycles. The van der Waals surface area contributed by atoms with Crippen molar-refractivity contribution in [2.45, 2.75) is 27.7 Å². The van der Waals surface area contributed by atoms with Crippen LogP contribution >= 0.6 is 0 Å². The average Bonchev–Trinajstić information content (AvgIpc) is 3.12. The molecule has 7 aromatic rings. The monoisotopic (exact) mass is 620 g/mol. The van der Waals surface area contributed by atoms with Gasteiger partial charge in [0.05, 0.1) is 11.4 Å². The molecule has 0 atom stereocenters. The second-order valence-corrected chi connectivity index (χ2v) is 12.6. The van der Waals surface area contributed by atoms with Gasteiger partial charge in [-0.05, 0) is 111 Å². The summed E-state index contributed by atoms with van der Waals surface area (Å²) in [6.45, 7) is 8.61. The van der Waals surface area contributed by atoms with Gasteiger partial charge >= 0.3 is 0 Å². The Morgan fingerprint density at radius 2 is 0.625 bits per heavy atom. The van der Waals surface area contributed by atoms with Crippen LogP contribution in [0.15, 0.2) is 170 Å². The number of anilines is 6. The molecule has 0 aliphatic heterocycles. The van der Waals surface area contributed by atoms with E-state index in [0.29, 0.717) is 0 Å². The molecule has 0 spiro atoms. The van der Waals surface area contributed by atoms with E-state index in [0.717, 1.165) is 45.3 Å². The van der Waals surface area contributed by atoms with E-state index in [1.54, 1.807) is 0 Å². The van der Waals surface area contributed by atoms with Crippen molar-refractivity contribution < 1.29 is 0 Å². The van der Waals surface area contributed by atoms with Crippen LogP contribution in [-0.2, 0) is 0 Å². The van der Waals surface area contributed by atoms with Crippen molar-refractivity contribution in [3.05, 3.63) is 192 Å². The molecule has 0 unspecified atom stereocenters. The molecule has 0 radical (unpaired) electrons. The van der Waals surface area contributed by atoms with E-state index in [9.17, 15) is 0 Å². The fourth-order valence-corrected chi connectivity index (χ4v) is 6.37. The third kappa shape index (κ3) is 6.38. The molecule has 2 heteroatoms. The Morgan fingerprint density at radius 3 is 1.06 bits per heavy atom. The summed E-state index contributed by atoms with van der Waals surface area (Å²) in [4.78, 5) is 4.81. The van der Waals surface area contributed by atoms with Crippen LogP contribution in [0.1, 0.15) is 22.3 Å². The predicted molar refractivity (Wildman–Crippen MR) is 206 cm³/mol. The first-order chi connectivity index (χ1) is 23.4. The van der Waals surface area contributed by atoms with Crippen LogP contribution in [0.3, 0.4) is 0 Å². The van der Waals surface area contributed by atoms with Crippen LogP contribution in [0, 0.1) is 27.7 Å². The standard InChI is InChI=1S/C46H40N2/c1-33-15-21-37(22-16-33)38-23-29-43(30-24-38)48(42-27-19-35(3)20-28-42)45-32-36(4)31-44(46(45)39-11-7-5-8-12-39)47(40-13-9-6-10-14-40)41-25-17-34(2)18-26-41/h5-32H,1-4H3. The minimum atomic E-state index is 1.10. The zero-order valence-electron chi connectivity index (χ0n) is 28.1. The van der Waals surface area contributed by atoms with Crippen LogP contribution in [0.25, 0.3) is 22.3 Å². The lowest BCUT2D eigenvalue weighted by molar-refractivity contribution is 1.23. The number of hydrogen-bond acceptors (Lipinski definition) is 2. The van der Waals surface area contributed by atoms with E-state index < -0.39 is 0 Å². The second kappa shape index (κ2) is 13.5. The van der Waals surface area contributed by atoms with Crippen LogP contribution in [0.5, 0.6) is 0 Å². The Morgan fingerprint density at radius 1 is 0.292 bits per heavy atom. The highest BCUT2D eigenvalue weighted by atomic mass is 15.2. The summed E-state index contributed by atoms with van der Waals surface area (Å²) in [7, 11) is 0. The molecule has 2 nitrogen and oxygen atoms in total. The number of hydrogen-bond donors (Lipinski definition) is 0. The van der Waals surface area contributed by atoms with Gasteiger partial charge in [0.15, 0.2) is 0 Å². The first-order valence-corrected chi connectivity index (χ1v) is 16.6. The lowest BCUT2D eigenvalue weighted by Crippen LogP contribution is -2.16. The molecule has 0 saturated heterocycles. The first-order valence-electron chi connectivity index (χ1n) is 16.6. The Bertz CT molecular complexity index is 2110. The fourth-order valence-electron chi connectivity index (χ4n) is 6.37. The van der Waals surface area contributed by atoms with Gasteiger partial charge in [0, 0.05) is 28.3 Å².